The van der Waals surface area contributed by atoms with Gasteiger partial charge in [0, 0.05) is 0 Å². The Morgan fingerprint density at radius 1 is 0.808 bits per heavy atom. The van der Waals surface area contributed by atoms with Crippen molar-refractivity contribution in [3.63, 3.8) is 0 Å². The van der Waals surface area contributed by atoms with Crippen LogP contribution in [0.1, 0.15) is 25.3 Å². The van der Waals surface area contributed by atoms with Crippen LogP contribution in [0, 0.1) is 0 Å². The SMILES string of the molecule is CCCCc1cccc2oc(-c3ccccc3)c([Se]c3ccccc3)c12. The molecule has 26 heavy (non-hydrogen) atoms. The van der Waals surface area contributed by atoms with Crippen molar-refractivity contribution in [2.45, 2.75) is 26.2 Å². The van der Waals surface area contributed by atoms with Gasteiger partial charge in [0.2, 0.25) is 0 Å². The fourth-order valence-electron chi connectivity index (χ4n) is 3.25. The molecule has 1 aromatic heterocycles. The van der Waals surface area contributed by atoms with Gasteiger partial charge in [-0.25, -0.2) is 0 Å². The van der Waals surface area contributed by atoms with Gasteiger partial charge < -0.3 is 0 Å². The van der Waals surface area contributed by atoms with Gasteiger partial charge in [0.15, 0.2) is 0 Å². The Balaban J connectivity index is 1.91. The van der Waals surface area contributed by atoms with E-state index in [4.69, 9.17) is 4.42 Å². The second-order valence-electron chi connectivity index (χ2n) is 6.44. The van der Waals surface area contributed by atoms with E-state index in [9.17, 15) is 0 Å². The average molecular weight is 405 g/mol. The molecule has 0 aliphatic rings. The molecule has 3 aromatic carbocycles. The van der Waals surface area contributed by atoms with E-state index in [1.54, 1.807) is 0 Å². The Kier molecular flexibility index (Phi) is 5.24. The molecule has 0 unspecified atom stereocenters. The molecule has 0 N–H and O–H groups in total. The van der Waals surface area contributed by atoms with Crippen molar-refractivity contribution in [1.29, 1.82) is 0 Å². The predicted octanol–water partition coefficient (Wildman–Crippen LogP) is 5.10. The van der Waals surface area contributed by atoms with Crippen LogP contribution in [0.3, 0.4) is 0 Å². The molecule has 0 aliphatic carbocycles. The molecule has 130 valence electrons. The molecule has 0 spiro atoms. The first kappa shape index (κ1) is 17.1. The summed E-state index contributed by atoms with van der Waals surface area (Å²) in [6, 6.07) is 27.8. The van der Waals surface area contributed by atoms with Gasteiger partial charge in [-0.3, -0.25) is 0 Å². The summed E-state index contributed by atoms with van der Waals surface area (Å²) in [5, 5.41) is 1.34. The average Bonchev–Trinajstić information content (AvgIpc) is 3.07. The molecule has 4 rings (SSSR count). The third kappa shape index (κ3) is 3.49. The molecular formula is C24H22OSe. The number of unbranched alkanes of at least 4 members (excludes halogenated alkanes) is 1. The van der Waals surface area contributed by atoms with Crippen molar-refractivity contribution in [2.75, 3.05) is 0 Å². The van der Waals surface area contributed by atoms with E-state index >= 15 is 0 Å². The van der Waals surface area contributed by atoms with Gasteiger partial charge >= 0.3 is 161 Å². The van der Waals surface area contributed by atoms with Gasteiger partial charge in [0.1, 0.15) is 0 Å². The Morgan fingerprint density at radius 2 is 1.54 bits per heavy atom. The first-order valence-electron chi connectivity index (χ1n) is 9.19. The quantitative estimate of drug-likeness (QED) is 0.407. The van der Waals surface area contributed by atoms with Crippen LogP contribution in [0.4, 0.5) is 0 Å². The Hall–Kier alpha value is -2.28. The summed E-state index contributed by atoms with van der Waals surface area (Å²) in [7, 11) is 0. The van der Waals surface area contributed by atoms with Crippen molar-refractivity contribution in [3.05, 3.63) is 84.4 Å². The molecule has 0 saturated carbocycles. The van der Waals surface area contributed by atoms with Crippen LogP contribution in [-0.4, -0.2) is 15.0 Å². The summed E-state index contributed by atoms with van der Waals surface area (Å²) in [6.07, 6.45) is 3.53. The molecular weight excluding hydrogens is 383 g/mol. The fourth-order valence-corrected chi connectivity index (χ4v) is 5.59. The zero-order valence-electron chi connectivity index (χ0n) is 14.9. The van der Waals surface area contributed by atoms with E-state index in [0.29, 0.717) is 0 Å². The van der Waals surface area contributed by atoms with Crippen molar-refractivity contribution in [2.24, 2.45) is 0 Å². The summed E-state index contributed by atoms with van der Waals surface area (Å²) >= 11 is 0.208. The van der Waals surface area contributed by atoms with Crippen molar-refractivity contribution >= 4 is 34.8 Å². The fraction of sp³-hybridized carbons (Fsp3) is 0.167. The van der Waals surface area contributed by atoms with E-state index in [2.05, 4.69) is 85.8 Å². The van der Waals surface area contributed by atoms with Crippen molar-refractivity contribution in [3.8, 4) is 11.3 Å². The summed E-state index contributed by atoms with van der Waals surface area (Å²) in [4.78, 5) is 0. The number of furan rings is 1. The molecule has 0 saturated heterocycles. The van der Waals surface area contributed by atoms with Crippen LogP contribution in [0.25, 0.3) is 22.3 Å². The van der Waals surface area contributed by atoms with Crippen LogP contribution < -0.4 is 8.92 Å². The summed E-state index contributed by atoms with van der Waals surface area (Å²) < 4.78 is 9.15. The number of rotatable bonds is 6. The summed E-state index contributed by atoms with van der Waals surface area (Å²) in [5.41, 5.74) is 3.60. The first-order valence-corrected chi connectivity index (χ1v) is 10.9. The van der Waals surface area contributed by atoms with Crippen LogP contribution in [0.2, 0.25) is 0 Å². The minimum absolute atomic E-state index is 0.208. The molecule has 1 nitrogen and oxygen atoms in total. The molecule has 4 aromatic rings. The topological polar surface area (TPSA) is 13.1 Å². The molecule has 0 fully saturated rings. The van der Waals surface area contributed by atoms with Gasteiger partial charge in [-0.15, -0.1) is 0 Å². The monoisotopic (exact) mass is 406 g/mol. The standard InChI is InChI=1S/C24H22OSe/c1-2-3-11-18-14-10-17-21-22(18)24(26-20-15-8-5-9-16-20)23(25-21)19-12-6-4-7-13-19/h4-10,12-17H,2-3,11H2,1H3. The molecule has 1 heterocycles. The Morgan fingerprint density at radius 3 is 2.27 bits per heavy atom. The van der Waals surface area contributed by atoms with E-state index in [1.807, 2.05) is 0 Å². The number of hydrogen-bond donors (Lipinski definition) is 0. The minimum atomic E-state index is 0.208. The van der Waals surface area contributed by atoms with Crippen LogP contribution in [-0.2, 0) is 6.42 Å². The van der Waals surface area contributed by atoms with Gasteiger partial charge in [0.25, 0.3) is 0 Å². The molecule has 0 radical (unpaired) electrons. The molecule has 2 heteroatoms. The van der Waals surface area contributed by atoms with Crippen LogP contribution >= 0.6 is 0 Å². The molecule has 0 amide bonds. The van der Waals surface area contributed by atoms with E-state index in [-0.39, 0.29) is 15.0 Å². The molecule has 0 bridgehead atoms. The molecule has 0 atom stereocenters. The third-order valence-corrected chi connectivity index (χ3v) is 6.87. The van der Waals surface area contributed by atoms with Gasteiger partial charge in [-0.2, -0.15) is 0 Å². The maximum atomic E-state index is 6.39. The molecule has 0 aliphatic heterocycles. The zero-order chi connectivity index (χ0) is 17.8. The van der Waals surface area contributed by atoms with Crippen LogP contribution in [0.15, 0.2) is 83.3 Å². The van der Waals surface area contributed by atoms with Gasteiger partial charge in [-0.05, 0) is 0 Å². The van der Waals surface area contributed by atoms with Gasteiger partial charge in [0.05, 0.1) is 0 Å². The van der Waals surface area contributed by atoms with Crippen molar-refractivity contribution < 1.29 is 4.42 Å². The Bertz CT molecular complexity index is 987. The second kappa shape index (κ2) is 7.95. The maximum absolute atomic E-state index is 6.39. The van der Waals surface area contributed by atoms with Crippen molar-refractivity contribution in [1.82, 2.24) is 0 Å². The van der Waals surface area contributed by atoms with Gasteiger partial charge in [-0.1, -0.05) is 0 Å². The summed E-state index contributed by atoms with van der Waals surface area (Å²) in [6.45, 7) is 2.25. The first-order chi connectivity index (χ1) is 12.9. The number of benzene rings is 3. The second-order valence-corrected chi connectivity index (χ2v) is 8.71. The van der Waals surface area contributed by atoms with E-state index in [1.165, 1.54) is 32.7 Å². The predicted molar refractivity (Wildman–Crippen MR) is 112 cm³/mol. The summed E-state index contributed by atoms with van der Waals surface area (Å²) in [5.74, 6) is 1.04. The third-order valence-electron chi connectivity index (χ3n) is 4.56. The number of fused-ring (bicyclic) bond motifs is 1. The van der Waals surface area contributed by atoms with Crippen LogP contribution in [0.5, 0.6) is 0 Å². The van der Waals surface area contributed by atoms with E-state index < -0.39 is 0 Å². The number of hydrogen-bond acceptors (Lipinski definition) is 1. The normalized spacial score (nSPS) is 11.1. The zero-order valence-corrected chi connectivity index (χ0v) is 16.7. The number of aryl methyl sites for hydroxylation is 1. The van der Waals surface area contributed by atoms with E-state index in [0.717, 1.165) is 23.3 Å². The Labute approximate surface area is 161 Å².